The van der Waals surface area contributed by atoms with E-state index >= 15 is 0 Å². The van der Waals surface area contributed by atoms with E-state index in [0.717, 1.165) is 57.8 Å². The van der Waals surface area contributed by atoms with Crippen LogP contribution >= 0.6 is 7.82 Å². The topological polar surface area (TPSA) is 210 Å². The number of ether oxygens (including phenoxy) is 2. The van der Waals surface area contributed by atoms with Crippen molar-refractivity contribution in [1.82, 2.24) is 0 Å². The molecule has 13 nitrogen and oxygen atoms in total. The summed E-state index contributed by atoms with van der Waals surface area (Å²) in [5.74, 6) is -1.13. The van der Waals surface area contributed by atoms with E-state index in [9.17, 15) is 44.6 Å². The third-order valence-corrected chi connectivity index (χ3v) is 10.0. The quantitative estimate of drug-likeness (QED) is 0.0194. The molecule has 0 saturated heterocycles. The second-order valence-corrected chi connectivity index (χ2v) is 15.3. The van der Waals surface area contributed by atoms with Crippen LogP contribution in [0.15, 0.2) is 48.6 Å². The molecule has 6 unspecified atom stereocenters. The molecule has 0 aromatic rings. The van der Waals surface area contributed by atoms with Gasteiger partial charge in [-0.1, -0.05) is 140 Å². The molecular weight excluding hydrogens is 719 g/mol. The van der Waals surface area contributed by atoms with Crippen LogP contribution in [0.4, 0.5) is 0 Å². The van der Waals surface area contributed by atoms with Gasteiger partial charge < -0.3 is 39.9 Å². The Morgan fingerprint density at radius 2 is 1.06 bits per heavy atom. The number of carbonyl (C=O) groups excluding carboxylic acids is 2. The van der Waals surface area contributed by atoms with Crippen molar-refractivity contribution in [2.45, 2.75) is 179 Å². The van der Waals surface area contributed by atoms with Gasteiger partial charge in [-0.25, -0.2) is 4.57 Å². The maximum atomic E-state index is 12.7. The molecule has 54 heavy (non-hydrogen) atoms. The molecule has 0 bridgehead atoms. The molecule has 0 aromatic carbocycles. The zero-order valence-electron chi connectivity index (χ0n) is 32.5. The molecule has 312 valence electrons. The summed E-state index contributed by atoms with van der Waals surface area (Å²) in [5, 5.41) is 49.9. The predicted molar refractivity (Wildman–Crippen MR) is 207 cm³/mol. The van der Waals surface area contributed by atoms with Crippen LogP contribution in [0.25, 0.3) is 0 Å². The van der Waals surface area contributed by atoms with Crippen molar-refractivity contribution >= 4 is 19.8 Å². The summed E-state index contributed by atoms with van der Waals surface area (Å²) in [6.07, 6.45) is 20.4. The first-order chi connectivity index (χ1) is 25.9. The largest absolute Gasteiger partial charge is 0.472 e. The number of phosphoric ester groups is 1. The van der Waals surface area contributed by atoms with E-state index in [1.165, 1.54) is 38.5 Å². The molecule has 1 aliphatic carbocycles. The molecule has 14 heteroatoms. The normalized spacial score (nSPS) is 23.8. The summed E-state index contributed by atoms with van der Waals surface area (Å²) in [5.41, 5.74) is 0. The molecule has 0 aromatic heterocycles. The second-order valence-electron chi connectivity index (χ2n) is 13.9. The number of esters is 2. The van der Waals surface area contributed by atoms with Crippen LogP contribution in [0, 0.1) is 0 Å². The Morgan fingerprint density at radius 3 is 1.61 bits per heavy atom. The Morgan fingerprint density at radius 1 is 0.593 bits per heavy atom. The first-order valence-electron chi connectivity index (χ1n) is 20.0. The average Bonchev–Trinajstić information content (AvgIpc) is 3.15. The van der Waals surface area contributed by atoms with Crippen molar-refractivity contribution in [3.8, 4) is 0 Å². The van der Waals surface area contributed by atoms with Gasteiger partial charge in [-0.2, -0.15) is 0 Å². The molecule has 1 aliphatic rings. The molecule has 0 amide bonds. The highest BCUT2D eigenvalue weighted by Crippen LogP contribution is 2.47. The number of aliphatic hydroxyl groups excluding tert-OH is 5. The lowest BCUT2D eigenvalue weighted by atomic mass is 9.85. The van der Waals surface area contributed by atoms with Crippen LogP contribution in [-0.4, -0.2) is 98.3 Å². The predicted octanol–water partition coefficient (Wildman–Crippen LogP) is 6.44. The van der Waals surface area contributed by atoms with E-state index in [0.29, 0.717) is 12.8 Å². The first kappa shape index (κ1) is 49.8. The fourth-order valence-corrected chi connectivity index (χ4v) is 6.74. The van der Waals surface area contributed by atoms with E-state index in [1.807, 2.05) is 36.5 Å². The molecule has 8 atom stereocenters. The fraction of sp³-hybridized carbons (Fsp3) is 0.750. The van der Waals surface area contributed by atoms with Gasteiger partial charge in [-0.15, -0.1) is 0 Å². The Labute approximate surface area is 322 Å². The van der Waals surface area contributed by atoms with E-state index in [-0.39, 0.29) is 12.8 Å². The van der Waals surface area contributed by atoms with Gasteiger partial charge in [-0.3, -0.25) is 18.6 Å². The van der Waals surface area contributed by atoms with Gasteiger partial charge in [0.1, 0.15) is 43.2 Å². The molecule has 1 fully saturated rings. The van der Waals surface area contributed by atoms with E-state index in [4.69, 9.17) is 18.5 Å². The number of carbonyl (C=O) groups is 2. The van der Waals surface area contributed by atoms with Gasteiger partial charge in [0.2, 0.25) is 0 Å². The van der Waals surface area contributed by atoms with E-state index < -0.39 is 75.7 Å². The smallest absolute Gasteiger partial charge is 0.462 e. The van der Waals surface area contributed by atoms with E-state index in [1.54, 1.807) is 0 Å². The molecule has 6 N–H and O–H groups in total. The fourth-order valence-electron chi connectivity index (χ4n) is 5.77. The number of allylic oxidation sites excluding steroid dienone is 8. The highest BCUT2D eigenvalue weighted by molar-refractivity contribution is 7.47. The number of aliphatic hydroxyl groups is 5. The van der Waals surface area contributed by atoms with Crippen LogP contribution in [0.1, 0.15) is 136 Å². The van der Waals surface area contributed by atoms with Gasteiger partial charge >= 0.3 is 19.8 Å². The average molecular weight is 789 g/mol. The van der Waals surface area contributed by atoms with Crippen molar-refractivity contribution in [2.24, 2.45) is 0 Å². The van der Waals surface area contributed by atoms with Gasteiger partial charge in [0.25, 0.3) is 0 Å². The van der Waals surface area contributed by atoms with Gasteiger partial charge in [0.15, 0.2) is 6.10 Å². The summed E-state index contributed by atoms with van der Waals surface area (Å²) in [6, 6.07) is 0. The lowest BCUT2D eigenvalue weighted by molar-refractivity contribution is -0.220. The summed E-state index contributed by atoms with van der Waals surface area (Å²) >= 11 is 0. The lowest BCUT2D eigenvalue weighted by Crippen LogP contribution is -2.64. The zero-order chi connectivity index (χ0) is 40.0. The summed E-state index contributed by atoms with van der Waals surface area (Å²) in [7, 11) is -5.12. The van der Waals surface area contributed by atoms with Crippen LogP contribution in [0.3, 0.4) is 0 Å². The SMILES string of the molecule is CC/C=C/C=C/C=C/C=C/CCCCCCCC(=O)O[C@H](COC(=O)CCCCCCCCCCCC)COP(=O)(O)OC1C(O)C(O)C(O)[C@@H](O)C1O. The minimum atomic E-state index is -5.12. The number of rotatable bonds is 31. The number of phosphoric acid groups is 1. The third-order valence-electron chi connectivity index (χ3n) is 9.03. The third kappa shape index (κ3) is 23.7. The Hall–Kier alpha value is -2.19. The Bertz CT molecular complexity index is 1140. The number of hydrogen-bond acceptors (Lipinski definition) is 12. The highest BCUT2D eigenvalue weighted by atomic mass is 31.2. The first-order valence-corrected chi connectivity index (χ1v) is 21.5. The van der Waals surface area contributed by atoms with Crippen molar-refractivity contribution in [3.05, 3.63) is 48.6 Å². The van der Waals surface area contributed by atoms with E-state index in [2.05, 4.69) is 26.0 Å². The van der Waals surface area contributed by atoms with Crippen molar-refractivity contribution in [1.29, 1.82) is 0 Å². The van der Waals surface area contributed by atoms with Crippen LogP contribution < -0.4 is 0 Å². The van der Waals surface area contributed by atoms with Crippen molar-refractivity contribution in [2.75, 3.05) is 13.2 Å². The zero-order valence-corrected chi connectivity index (χ0v) is 33.4. The van der Waals surface area contributed by atoms with Crippen molar-refractivity contribution in [3.63, 3.8) is 0 Å². The number of unbranched alkanes of at least 4 members (excludes halogenated alkanes) is 14. The molecule has 0 heterocycles. The summed E-state index contributed by atoms with van der Waals surface area (Å²) < 4.78 is 33.3. The maximum Gasteiger partial charge on any atom is 0.472 e. The second kappa shape index (κ2) is 31.0. The highest BCUT2D eigenvalue weighted by Gasteiger charge is 2.51. The molecule has 1 saturated carbocycles. The van der Waals surface area contributed by atoms with Crippen molar-refractivity contribution < 1.29 is 63.1 Å². The maximum absolute atomic E-state index is 12.7. The van der Waals surface area contributed by atoms with Crippen LogP contribution in [0.5, 0.6) is 0 Å². The minimum absolute atomic E-state index is 0.0700. The standard InChI is InChI=1S/C40H69O13P/c1-3-5-7-9-11-13-15-16-17-18-19-21-23-25-27-29-34(42)52-32(30-50-33(41)28-26-24-22-20-14-12-10-8-6-4-2)31-51-54(48,49)53-40-38(46)36(44)35(43)37(45)39(40)47/h5,7,9,11,13,15-17,32,35-40,43-47H,3-4,6,8,10,12,14,18-31H2,1-2H3,(H,48,49)/b7-5+,11-9+,15-13+,17-16+/t32-,35?,36-,37?,38?,39?,40?/m1/s1. The monoisotopic (exact) mass is 788 g/mol. The Balaban J connectivity index is 2.55. The molecule has 0 aliphatic heterocycles. The Kier molecular flexibility index (Phi) is 28.6. The lowest BCUT2D eigenvalue weighted by Gasteiger charge is -2.41. The van der Waals surface area contributed by atoms with Crippen LogP contribution in [-0.2, 0) is 32.7 Å². The van der Waals surface area contributed by atoms with Crippen LogP contribution in [0.2, 0.25) is 0 Å². The molecular formula is C40H69O13P. The molecule has 0 radical (unpaired) electrons. The summed E-state index contributed by atoms with van der Waals surface area (Å²) in [4.78, 5) is 35.5. The summed E-state index contributed by atoms with van der Waals surface area (Å²) in [6.45, 7) is 3.09. The minimum Gasteiger partial charge on any atom is -0.462 e. The number of hydrogen-bond donors (Lipinski definition) is 6. The van der Waals surface area contributed by atoms with Gasteiger partial charge in [0.05, 0.1) is 6.61 Å². The van der Waals surface area contributed by atoms with Gasteiger partial charge in [0, 0.05) is 12.8 Å². The van der Waals surface area contributed by atoms with Gasteiger partial charge in [-0.05, 0) is 32.1 Å². The molecule has 0 spiro atoms. The molecule has 1 rings (SSSR count).